The first-order valence-corrected chi connectivity index (χ1v) is 5.98. The Kier molecular flexibility index (Phi) is 2.61. The van der Waals surface area contributed by atoms with Crippen LogP contribution in [0, 0.1) is 11.8 Å². The van der Waals surface area contributed by atoms with Gasteiger partial charge < -0.3 is 5.11 Å². The molecule has 0 radical (unpaired) electrons. The fraction of sp³-hybridized carbons (Fsp3) is 0.667. The van der Waals surface area contributed by atoms with E-state index >= 15 is 0 Å². The maximum Gasteiger partial charge on any atom is 0.0726 e. The quantitative estimate of drug-likeness (QED) is 0.794. The molecule has 1 saturated carbocycles. The van der Waals surface area contributed by atoms with Crippen molar-refractivity contribution in [1.29, 1.82) is 0 Å². The van der Waals surface area contributed by atoms with Gasteiger partial charge in [0, 0.05) is 44.1 Å². The van der Waals surface area contributed by atoms with E-state index in [-0.39, 0.29) is 6.10 Å². The minimum atomic E-state index is -0.0724. The SMILES string of the molecule is OC1CCC2CN(Cc3cnccn3)CC12. The molecule has 1 aliphatic carbocycles. The van der Waals surface area contributed by atoms with Crippen LogP contribution in [0.25, 0.3) is 0 Å². The molecule has 1 aromatic heterocycles. The molecule has 16 heavy (non-hydrogen) atoms. The number of aliphatic hydroxyl groups is 1. The molecule has 0 spiro atoms. The number of aliphatic hydroxyl groups excluding tert-OH is 1. The molecule has 0 aromatic carbocycles. The van der Waals surface area contributed by atoms with Crippen LogP contribution in [0.2, 0.25) is 0 Å². The minimum absolute atomic E-state index is 0.0724. The van der Waals surface area contributed by atoms with Gasteiger partial charge >= 0.3 is 0 Å². The summed E-state index contributed by atoms with van der Waals surface area (Å²) < 4.78 is 0. The topological polar surface area (TPSA) is 49.2 Å². The summed E-state index contributed by atoms with van der Waals surface area (Å²) in [6, 6.07) is 0. The highest BCUT2D eigenvalue weighted by Crippen LogP contribution is 2.38. The molecule has 3 atom stereocenters. The second-order valence-corrected chi connectivity index (χ2v) is 4.96. The largest absolute Gasteiger partial charge is 0.393 e. The van der Waals surface area contributed by atoms with E-state index in [2.05, 4.69) is 14.9 Å². The average molecular weight is 219 g/mol. The molecule has 0 bridgehead atoms. The molecule has 3 rings (SSSR count). The van der Waals surface area contributed by atoms with Crippen LogP contribution < -0.4 is 0 Å². The normalized spacial score (nSPS) is 34.2. The molecule has 1 aliphatic heterocycles. The number of hydrogen-bond acceptors (Lipinski definition) is 4. The van der Waals surface area contributed by atoms with E-state index in [9.17, 15) is 5.11 Å². The summed E-state index contributed by atoms with van der Waals surface area (Å²) in [6.07, 6.45) is 7.37. The zero-order valence-corrected chi connectivity index (χ0v) is 9.29. The first kappa shape index (κ1) is 10.2. The lowest BCUT2D eigenvalue weighted by molar-refractivity contribution is 0.123. The number of nitrogens with zero attached hydrogens (tertiary/aromatic N) is 3. The third-order valence-corrected chi connectivity index (χ3v) is 3.90. The van der Waals surface area contributed by atoms with Gasteiger partial charge in [0.15, 0.2) is 0 Å². The fourth-order valence-corrected chi connectivity index (χ4v) is 3.10. The minimum Gasteiger partial charge on any atom is -0.393 e. The number of fused-ring (bicyclic) bond motifs is 1. The number of rotatable bonds is 2. The van der Waals surface area contributed by atoms with Gasteiger partial charge in [0.25, 0.3) is 0 Å². The average Bonchev–Trinajstić information content (AvgIpc) is 2.83. The van der Waals surface area contributed by atoms with Crippen molar-refractivity contribution in [2.45, 2.75) is 25.5 Å². The van der Waals surface area contributed by atoms with Gasteiger partial charge in [-0.25, -0.2) is 0 Å². The third-order valence-electron chi connectivity index (χ3n) is 3.90. The zero-order chi connectivity index (χ0) is 11.0. The summed E-state index contributed by atoms with van der Waals surface area (Å²) in [6.45, 7) is 2.99. The molecule has 1 saturated heterocycles. The Labute approximate surface area is 95.3 Å². The zero-order valence-electron chi connectivity index (χ0n) is 9.29. The Morgan fingerprint density at radius 3 is 3.00 bits per heavy atom. The maximum atomic E-state index is 9.83. The van der Waals surface area contributed by atoms with Crippen LogP contribution in [0.1, 0.15) is 18.5 Å². The van der Waals surface area contributed by atoms with E-state index < -0.39 is 0 Å². The van der Waals surface area contributed by atoms with E-state index in [1.165, 1.54) is 6.42 Å². The smallest absolute Gasteiger partial charge is 0.0726 e. The number of aromatic nitrogens is 2. The Bertz CT molecular complexity index is 357. The molecule has 2 fully saturated rings. The molecular weight excluding hydrogens is 202 g/mol. The highest BCUT2D eigenvalue weighted by atomic mass is 16.3. The maximum absolute atomic E-state index is 9.83. The van der Waals surface area contributed by atoms with Crippen LogP contribution in [-0.2, 0) is 6.54 Å². The molecule has 1 N–H and O–H groups in total. The van der Waals surface area contributed by atoms with Crippen molar-refractivity contribution >= 4 is 0 Å². The molecule has 3 unspecified atom stereocenters. The van der Waals surface area contributed by atoms with Crippen molar-refractivity contribution in [2.24, 2.45) is 11.8 Å². The summed E-state index contributed by atoms with van der Waals surface area (Å²) in [5, 5.41) is 9.83. The lowest BCUT2D eigenvalue weighted by Crippen LogP contribution is -2.24. The number of likely N-dealkylation sites (tertiary alicyclic amines) is 1. The van der Waals surface area contributed by atoms with Crippen LogP contribution in [0.3, 0.4) is 0 Å². The van der Waals surface area contributed by atoms with Crippen LogP contribution in [0.4, 0.5) is 0 Å². The second kappa shape index (κ2) is 4.11. The van der Waals surface area contributed by atoms with Crippen molar-refractivity contribution in [1.82, 2.24) is 14.9 Å². The van der Waals surface area contributed by atoms with Crippen molar-refractivity contribution in [3.8, 4) is 0 Å². The Hall–Kier alpha value is -1.00. The van der Waals surface area contributed by atoms with Gasteiger partial charge in [0.05, 0.1) is 11.8 Å². The molecule has 4 nitrogen and oxygen atoms in total. The lowest BCUT2D eigenvalue weighted by Gasteiger charge is -2.17. The number of hydrogen-bond donors (Lipinski definition) is 1. The van der Waals surface area contributed by atoms with E-state index in [0.29, 0.717) is 11.8 Å². The highest BCUT2D eigenvalue weighted by molar-refractivity contribution is 4.99. The van der Waals surface area contributed by atoms with Crippen molar-refractivity contribution < 1.29 is 5.11 Å². The molecular formula is C12H17N3O. The molecule has 2 aliphatic rings. The van der Waals surface area contributed by atoms with Gasteiger partial charge in [0.2, 0.25) is 0 Å². The summed E-state index contributed by atoms with van der Waals surface area (Å²) in [7, 11) is 0. The lowest BCUT2D eigenvalue weighted by atomic mass is 10.00. The van der Waals surface area contributed by atoms with Gasteiger partial charge in [-0.15, -0.1) is 0 Å². The van der Waals surface area contributed by atoms with Gasteiger partial charge in [-0.05, 0) is 18.8 Å². The van der Waals surface area contributed by atoms with Crippen LogP contribution in [0.5, 0.6) is 0 Å². The predicted molar refractivity (Wildman–Crippen MR) is 59.5 cm³/mol. The van der Waals surface area contributed by atoms with Crippen molar-refractivity contribution in [2.75, 3.05) is 13.1 Å². The van der Waals surface area contributed by atoms with E-state index in [1.807, 2.05) is 6.20 Å². The summed E-state index contributed by atoms with van der Waals surface area (Å²) in [4.78, 5) is 10.8. The van der Waals surface area contributed by atoms with Crippen LogP contribution in [-0.4, -0.2) is 39.2 Å². The fourth-order valence-electron chi connectivity index (χ4n) is 3.10. The van der Waals surface area contributed by atoms with Crippen LogP contribution >= 0.6 is 0 Å². The first-order chi connectivity index (χ1) is 7.83. The molecule has 0 amide bonds. The van der Waals surface area contributed by atoms with Crippen LogP contribution in [0.15, 0.2) is 18.6 Å². The van der Waals surface area contributed by atoms with Gasteiger partial charge in [0.1, 0.15) is 0 Å². The highest BCUT2D eigenvalue weighted by Gasteiger charge is 2.41. The van der Waals surface area contributed by atoms with E-state index in [0.717, 1.165) is 31.7 Å². The molecule has 1 aromatic rings. The van der Waals surface area contributed by atoms with Crippen molar-refractivity contribution in [3.05, 3.63) is 24.3 Å². The second-order valence-electron chi connectivity index (χ2n) is 4.96. The molecule has 86 valence electrons. The monoisotopic (exact) mass is 219 g/mol. The van der Waals surface area contributed by atoms with E-state index in [1.54, 1.807) is 12.4 Å². The van der Waals surface area contributed by atoms with Crippen molar-refractivity contribution in [3.63, 3.8) is 0 Å². The third kappa shape index (κ3) is 1.83. The molecule has 4 heteroatoms. The standard InChI is InChI=1S/C12H17N3O/c16-12-2-1-9-6-15(8-11(9)12)7-10-5-13-3-4-14-10/h3-5,9,11-12,16H,1-2,6-8H2. The Balaban J connectivity index is 1.63. The summed E-state index contributed by atoms with van der Waals surface area (Å²) in [5.41, 5.74) is 1.02. The molecule has 2 heterocycles. The Morgan fingerprint density at radius 2 is 2.25 bits per heavy atom. The van der Waals surface area contributed by atoms with Gasteiger partial charge in [-0.3, -0.25) is 14.9 Å². The Morgan fingerprint density at radius 1 is 1.31 bits per heavy atom. The predicted octanol–water partition coefficient (Wildman–Crippen LogP) is 0.679. The first-order valence-electron chi connectivity index (χ1n) is 5.98. The summed E-state index contributed by atoms with van der Waals surface area (Å²) in [5.74, 6) is 1.20. The van der Waals surface area contributed by atoms with E-state index in [4.69, 9.17) is 0 Å². The van der Waals surface area contributed by atoms with Gasteiger partial charge in [-0.1, -0.05) is 0 Å². The van der Waals surface area contributed by atoms with Gasteiger partial charge in [-0.2, -0.15) is 0 Å². The summed E-state index contributed by atoms with van der Waals surface area (Å²) >= 11 is 0.